The van der Waals surface area contributed by atoms with Gasteiger partial charge in [-0.15, -0.1) is 11.3 Å². The highest BCUT2D eigenvalue weighted by atomic mass is 32.1. The number of piperazine rings is 1. The molecule has 7 nitrogen and oxygen atoms in total. The predicted molar refractivity (Wildman–Crippen MR) is 128 cm³/mol. The number of carbonyl (C=O) groups excluding carboxylic acids is 1. The molecular weight excluding hydrogens is 420 g/mol. The molecule has 1 N–H and O–H groups in total. The van der Waals surface area contributed by atoms with E-state index in [1.165, 1.54) is 5.56 Å². The lowest BCUT2D eigenvalue weighted by Crippen LogP contribution is -2.49. The minimum Gasteiger partial charge on any atom is -0.351 e. The van der Waals surface area contributed by atoms with Crippen LogP contribution in [0.1, 0.15) is 33.2 Å². The predicted octanol–water partition coefficient (Wildman–Crippen LogP) is 2.75. The van der Waals surface area contributed by atoms with Crippen molar-refractivity contribution >= 4 is 17.2 Å². The normalized spacial score (nSPS) is 15.2. The number of hydrogen-bond acceptors (Lipinski definition) is 6. The van der Waals surface area contributed by atoms with Crippen LogP contribution in [-0.4, -0.2) is 63.2 Å². The lowest BCUT2D eigenvalue weighted by molar-refractivity contribution is -0.122. The number of hydrogen-bond donors (Lipinski definition) is 1. The smallest absolute Gasteiger partial charge is 0.234 e. The third kappa shape index (κ3) is 5.82. The molecule has 8 heteroatoms. The fraction of sp³-hybridized carbons (Fsp3) is 0.458. The molecule has 0 bridgehead atoms. The Balaban J connectivity index is 1.23. The van der Waals surface area contributed by atoms with Crippen molar-refractivity contribution in [3.63, 3.8) is 0 Å². The van der Waals surface area contributed by atoms with Gasteiger partial charge in [0.25, 0.3) is 0 Å². The van der Waals surface area contributed by atoms with Crippen LogP contribution in [0.3, 0.4) is 0 Å². The van der Waals surface area contributed by atoms with Crippen LogP contribution < -0.4 is 5.32 Å². The molecule has 4 rings (SSSR count). The van der Waals surface area contributed by atoms with Gasteiger partial charge in [0.05, 0.1) is 29.5 Å². The summed E-state index contributed by atoms with van der Waals surface area (Å²) in [6.07, 6.45) is 0. The number of nitrogens with zero attached hydrogens (tertiary/aromatic N) is 5. The fourth-order valence-corrected chi connectivity index (χ4v) is 4.77. The van der Waals surface area contributed by atoms with Gasteiger partial charge in [-0.2, -0.15) is 5.10 Å². The second kappa shape index (κ2) is 10.4. The van der Waals surface area contributed by atoms with E-state index in [4.69, 9.17) is 0 Å². The molecule has 0 radical (unpaired) electrons. The van der Waals surface area contributed by atoms with Crippen LogP contribution in [0.5, 0.6) is 0 Å². The Hall–Kier alpha value is -2.55. The van der Waals surface area contributed by atoms with E-state index in [9.17, 15) is 4.79 Å². The summed E-state index contributed by atoms with van der Waals surface area (Å²) >= 11 is 1.70. The summed E-state index contributed by atoms with van der Waals surface area (Å²) in [5.41, 5.74) is 5.56. The molecule has 1 fully saturated rings. The highest BCUT2D eigenvalue weighted by Gasteiger charge is 2.20. The average Bonchev–Trinajstić information content (AvgIpc) is 3.31. The monoisotopic (exact) mass is 452 g/mol. The Bertz CT molecular complexity index is 1040. The zero-order valence-electron chi connectivity index (χ0n) is 19.2. The van der Waals surface area contributed by atoms with Gasteiger partial charge in [0.15, 0.2) is 0 Å². The molecule has 1 amide bonds. The summed E-state index contributed by atoms with van der Waals surface area (Å²) in [6.45, 7) is 12.5. The number of carbonyl (C=O) groups is 1. The summed E-state index contributed by atoms with van der Waals surface area (Å²) in [5, 5.41) is 11.0. The molecule has 0 atom stereocenters. The van der Waals surface area contributed by atoms with Crippen LogP contribution in [0, 0.1) is 20.8 Å². The van der Waals surface area contributed by atoms with E-state index in [-0.39, 0.29) is 5.91 Å². The number of benzene rings is 1. The minimum atomic E-state index is 0.0724. The lowest BCUT2D eigenvalue weighted by atomic mass is 10.2. The van der Waals surface area contributed by atoms with Crippen LogP contribution >= 0.6 is 11.3 Å². The van der Waals surface area contributed by atoms with Crippen LogP contribution in [-0.2, 0) is 24.4 Å². The van der Waals surface area contributed by atoms with Crippen molar-refractivity contribution < 1.29 is 4.79 Å². The largest absolute Gasteiger partial charge is 0.351 e. The Labute approximate surface area is 194 Å². The molecule has 0 aliphatic carbocycles. The summed E-state index contributed by atoms with van der Waals surface area (Å²) in [7, 11) is 0. The molecule has 0 saturated carbocycles. The molecule has 1 aliphatic rings. The van der Waals surface area contributed by atoms with E-state index in [1.54, 1.807) is 11.3 Å². The van der Waals surface area contributed by atoms with E-state index in [0.717, 1.165) is 66.9 Å². The first-order valence-corrected chi connectivity index (χ1v) is 12.0. The first kappa shape index (κ1) is 22.6. The van der Waals surface area contributed by atoms with Crippen LogP contribution in [0.15, 0.2) is 35.7 Å². The molecule has 1 saturated heterocycles. The zero-order valence-corrected chi connectivity index (χ0v) is 20.0. The van der Waals surface area contributed by atoms with Gasteiger partial charge in [-0.1, -0.05) is 30.3 Å². The van der Waals surface area contributed by atoms with Crippen LogP contribution in [0.4, 0.5) is 0 Å². The maximum atomic E-state index is 12.6. The summed E-state index contributed by atoms with van der Waals surface area (Å²) < 4.78 is 2.02. The molecule has 1 aromatic carbocycles. The second-order valence-corrected chi connectivity index (χ2v) is 9.54. The number of thiazole rings is 1. The first-order chi connectivity index (χ1) is 15.5. The van der Waals surface area contributed by atoms with E-state index < -0.39 is 0 Å². The van der Waals surface area contributed by atoms with Gasteiger partial charge >= 0.3 is 0 Å². The number of amides is 1. The van der Waals surface area contributed by atoms with Gasteiger partial charge in [-0.05, 0) is 26.3 Å². The van der Waals surface area contributed by atoms with Crippen molar-refractivity contribution in [1.82, 2.24) is 29.9 Å². The van der Waals surface area contributed by atoms with E-state index in [0.29, 0.717) is 13.1 Å². The molecule has 3 aromatic rings. The zero-order chi connectivity index (χ0) is 22.5. The number of aromatic nitrogens is 3. The van der Waals surface area contributed by atoms with E-state index in [1.807, 2.05) is 36.7 Å². The average molecular weight is 453 g/mol. The van der Waals surface area contributed by atoms with E-state index >= 15 is 0 Å². The minimum absolute atomic E-state index is 0.0724. The highest BCUT2D eigenvalue weighted by Crippen LogP contribution is 2.15. The van der Waals surface area contributed by atoms with Crippen molar-refractivity contribution in [3.05, 3.63) is 68.9 Å². The summed E-state index contributed by atoms with van der Waals surface area (Å²) in [5.74, 6) is 0.0724. The molecule has 32 heavy (non-hydrogen) atoms. The topological polar surface area (TPSA) is 66.3 Å². The molecule has 0 unspecified atom stereocenters. The number of nitrogens with one attached hydrogen (secondary N) is 1. The maximum absolute atomic E-state index is 12.6. The van der Waals surface area contributed by atoms with Crippen molar-refractivity contribution in [2.45, 2.75) is 40.4 Å². The van der Waals surface area contributed by atoms with Crippen molar-refractivity contribution in [2.75, 3.05) is 32.7 Å². The van der Waals surface area contributed by atoms with Crippen LogP contribution in [0.2, 0.25) is 0 Å². The number of rotatable bonds is 8. The molecule has 0 spiro atoms. The number of aryl methyl sites for hydroxylation is 2. The Morgan fingerprint density at radius 2 is 1.75 bits per heavy atom. The highest BCUT2D eigenvalue weighted by molar-refractivity contribution is 7.09. The standard InChI is InChI=1S/C24H32N6OS/c1-18-23(19(2)30(27-18)14-21-7-5-4-6-8-21)13-25-24(31)16-29-11-9-28(10-12-29)15-22-17-32-20(3)26-22/h4-8,17H,9-16H2,1-3H3,(H,25,31). The Kier molecular flexibility index (Phi) is 7.34. The van der Waals surface area contributed by atoms with Crippen molar-refractivity contribution in [1.29, 1.82) is 0 Å². The van der Waals surface area contributed by atoms with Crippen LogP contribution in [0.25, 0.3) is 0 Å². The Morgan fingerprint density at radius 3 is 2.44 bits per heavy atom. The summed E-state index contributed by atoms with van der Waals surface area (Å²) in [6, 6.07) is 10.3. The maximum Gasteiger partial charge on any atom is 0.234 e. The SMILES string of the molecule is Cc1nc(CN2CCN(CC(=O)NCc3c(C)nn(Cc4ccccc4)c3C)CC2)cs1. The van der Waals surface area contributed by atoms with Gasteiger partial charge in [-0.3, -0.25) is 19.3 Å². The lowest BCUT2D eigenvalue weighted by Gasteiger charge is -2.33. The molecule has 1 aliphatic heterocycles. The second-order valence-electron chi connectivity index (χ2n) is 8.48. The molecule has 2 aromatic heterocycles. The summed E-state index contributed by atoms with van der Waals surface area (Å²) in [4.78, 5) is 21.8. The van der Waals surface area contributed by atoms with Gasteiger partial charge in [0.2, 0.25) is 5.91 Å². The van der Waals surface area contributed by atoms with Gasteiger partial charge in [0.1, 0.15) is 0 Å². The van der Waals surface area contributed by atoms with Gasteiger partial charge in [-0.25, -0.2) is 4.98 Å². The van der Waals surface area contributed by atoms with Gasteiger partial charge < -0.3 is 5.32 Å². The quantitative estimate of drug-likeness (QED) is 0.569. The molecular formula is C24H32N6OS. The first-order valence-electron chi connectivity index (χ1n) is 11.2. The third-order valence-electron chi connectivity index (χ3n) is 6.05. The van der Waals surface area contributed by atoms with Crippen molar-refractivity contribution in [2.24, 2.45) is 0 Å². The Morgan fingerprint density at radius 1 is 1.03 bits per heavy atom. The van der Waals surface area contributed by atoms with Crippen molar-refractivity contribution in [3.8, 4) is 0 Å². The third-order valence-corrected chi connectivity index (χ3v) is 6.88. The molecule has 170 valence electrons. The fourth-order valence-electron chi connectivity index (χ4n) is 4.16. The molecule has 3 heterocycles. The van der Waals surface area contributed by atoms with E-state index in [2.05, 4.69) is 49.6 Å². The van der Waals surface area contributed by atoms with Gasteiger partial charge in [0, 0.05) is 55.9 Å².